The Morgan fingerprint density at radius 1 is 1.04 bits per heavy atom. The van der Waals surface area contributed by atoms with Gasteiger partial charge in [0.15, 0.2) is 0 Å². The molecule has 0 unspecified atom stereocenters. The lowest BCUT2D eigenvalue weighted by molar-refractivity contribution is -0.137. The quantitative estimate of drug-likeness (QED) is 0.528. The molecule has 0 fully saturated rings. The maximum Gasteiger partial charge on any atom is 0.323 e. The fourth-order valence-electron chi connectivity index (χ4n) is 3.61. The molecule has 2 heterocycles. The van der Waals surface area contributed by atoms with E-state index in [0.717, 1.165) is 22.2 Å². The highest BCUT2D eigenvalue weighted by molar-refractivity contribution is 7.17. The van der Waals surface area contributed by atoms with Crippen molar-refractivity contribution >= 4 is 38.3 Å². The summed E-state index contributed by atoms with van der Waals surface area (Å²) in [5.41, 5.74) is 6.74. The first kappa shape index (κ1) is 15.9. The van der Waals surface area contributed by atoms with Gasteiger partial charge in [-0.25, -0.2) is 0 Å². The summed E-state index contributed by atoms with van der Waals surface area (Å²) in [7, 11) is 0. The Bertz CT molecular complexity index is 1130. The van der Waals surface area contributed by atoms with Gasteiger partial charge in [-0.15, -0.1) is 11.3 Å². The number of nitrogens with zero attached hydrogens (tertiary/aromatic N) is 1. The molecule has 126 valence electrons. The maximum absolute atomic E-state index is 11.4. The minimum Gasteiger partial charge on any atom is -0.480 e. The van der Waals surface area contributed by atoms with E-state index in [0.29, 0.717) is 0 Å². The van der Waals surface area contributed by atoms with Gasteiger partial charge >= 0.3 is 5.97 Å². The SMILES string of the molecule is Cc1ccc2scc(-c3c(C)n(CC(=O)O)c4ccc(C)cc34)c2c1. The minimum atomic E-state index is -0.821. The van der Waals surface area contributed by atoms with Crippen molar-refractivity contribution in [3.8, 4) is 11.1 Å². The highest BCUT2D eigenvalue weighted by atomic mass is 32.1. The lowest BCUT2D eigenvalue weighted by atomic mass is 10.00. The van der Waals surface area contributed by atoms with E-state index in [4.69, 9.17) is 0 Å². The molecule has 2 aromatic carbocycles. The van der Waals surface area contributed by atoms with Crippen LogP contribution in [0.3, 0.4) is 0 Å². The monoisotopic (exact) mass is 349 g/mol. The Kier molecular flexibility index (Phi) is 3.65. The third-order valence-electron chi connectivity index (χ3n) is 4.77. The molecule has 25 heavy (non-hydrogen) atoms. The van der Waals surface area contributed by atoms with Gasteiger partial charge in [0, 0.05) is 37.8 Å². The Morgan fingerprint density at radius 2 is 1.72 bits per heavy atom. The van der Waals surface area contributed by atoms with E-state index >= 15 is 0 Å². The summed E-state index contributed by atoms with van der Waals surface area (Å²) in [6.45, 7) is 6.17. The van der Waals surface area contributed by atoms with Gasteiger partial charge in [0.05, 0.1) is 0 Å². The van der Waals surface area contributed by atoms with Gasteiger partial charge in [0.1, 0.15) is 6.54 Å². The number of hydrogen-bond acceptors (Lipinski definition) is 2. The number of carboxylic acids is 1. The zero-order chi connectivity index (χ0) is 17.7. The van der Waals surface area contributed by atoms with Crippen LogP contribution in [0.1, 0.15) is 16.8 Å². The molecule has 0 aliphatic carbocycles. The molecule has 0 aliphatic rings. The van der Waals surface area contributed by atoms with Crippen molar-refractivity contribution in [2.45, 2.75) is 27.3 Å². The number of thiophene rings is 1. The number of hydrogen-bond donors (Lipinski definition) is 1. The molecule has 1 N–H and O–H groups in total. The van der Waals surface area contributed by atoms with Gasteiger partial charge in [-0.1, -0.05) is 23.3 Å². The number of aryl methyl sites for hydroxylation is 2. The van der Waals surface area contributed by atoms with Crippen molar-refractivity contribution in [3.05, 3.63) is 58.6 Å². The van der Waals surface area contributed by atoms with E-state index in [1.54, 1.807) is 11.3 Å². The van der Waals surface area contributed by atoms with Crippen LogP contribution < -0.4 is 0 Å². The summed E-state index contributed by atoms with van der Waals surface area (Å²) in [5.74, 6) is -0.821. The maximum atomic E-state index is 11.4. The van der Waals surface area contributed by atoms with Crippen molar-refractivity contribution in [3.63, 3.8) is 0 Å². The molecule has 0 bridgehead atoms. The predicted molar refractivity (Wildman–Crippen MR) is 105 cm³/mol. The summed E-state index contributed by atoms with van der Waals surface area (Å²) in [4.78, 5) is 11.4. The molecule has 0 radical (unpaired) electrons. The van der Waals surface area contributed by atoms with Crippen molar-refractivity contribution < 1.29 is 9.90 Å². The van der Waals surface area contributed by atoms with Gasteiger partial charge < -0.3 is 9.67 Å². The second kappa shape index (κ2) is 5.74. The van der Waals surface area contributed by atoms with E-state index in [-0.39, 0.29) is 6.54 Å². The van der Waals surface area contributed by atoms with Crippen LogP contribution in [0.25, 0.3) is 32.1 Å². The predicted octanol–water partition coefficient (Wildman–Crippen LogP) is 5.53. The van der Waals surface area contributed by atoms with Crippen molar-refractivity contribution in [2.75, 3.05) is 0 Å². The Balaban J connectivity index is 2.09. The van der Waals surface area contributed by atoms with Crippen LogP contribution in [0.2, 0.25) is 0 Å². The van der Waals surface area contributed by atoms with E-state index in [2.05, 4.69) is 43.5 Å². The molecule has 0 saturated carbocycles. The molecule has 3 nitrogen and oxygen atoms in total. The number of aromatic nitrogens is 1. The van der Waals surface area contributed by atoms with Crippen LogP contribution in [0, 0.1) is 20.8 Å². The van der Waals surface area contributed by atoms with Crippen LogP contribution in [-0.2, 0) is 11.3 Å². The summed E-state index contributed by atoms with van der Waals surface area (Å²) < 4.78 is 3.16. The first-order valence-corrected chi connectivity index (χ1v) is 9.13. The van der Waals surface area contributed by atoms with Crippen LogP contribution in [-0.4, -0.2) is 15.6 Å². The number of fused-ring (bicyclic) bond motifs is 2. The van der Waals surface area contributed by atoms with E-state index in [1.807, 2.05) is 23.6 Å². The standard InChI is InChI=1S/C21H19NO2S/c1-12-4-6-18-16(9-12)21(14(3)22(18)10-20(23)24)17-11-25-19-7-5-13(2)8-15(17)19/h4-9,11H,10H2,1-3H3,(H,23,24). The van der Waals surface area contributed by atoms with Crippen LogP contribution in [0.4, 0.5) is 0 Å². The largest absolute Gasteiger partial charge is 0.480 e. The summed E-state index contributed by atoms with van der Waals surface area (Å²) >= 11 is 1.74. The molecule has 2 aromatic heterocycles. The van der Waals surface area contributed by atoms with Crippen molar-refractivity contribution in [1.82, 2.24) is 4.57 Å². The molecule has 4 rings (SSSR count). The normalized spacial score (nSPS) is 11.5. The molecule has 0 amide bonds. The van der Waals surface area contributed by atoms with Gasteiger partial charge in [-0.05, 0) is 50.4 Å². The Labute approximate surface area is 150 Å². The summed E-state index contributed by atoms with van der Waals surface area (Å²) in [5, 5.41) is 13.9. The number of carboxylic acid groups (broad SMARTS) is 1. The molecule has 0 aliphatic heterocycles. The van der Waals surface area contributed by atoms with Gasteiger partial charge in [-0.2, -0.15) is 0 Å². The van der Waals surface area contributed by atoms with Gasteiger partial charge in [0.2, 0.25) is 0 Å². The second-order valence-corrected chi connectivity index (χ2v) is 7.52. The van der Waals surface area contributed by atoms with E-state index in [9.17, 15) is 9.90 Å². The van der Waals surface area contributed by atoms with Gasteiger partial charge in [-0.3, -0.25) is 4.79 Å². The topological polar surface area (TPSA) is 42.2 Å². The van der Waals surface area contributed by atoms with Crippen LogP contribution in [0.15, 0.2) is 41.8 Å². The fraction of sp³-hybridized carbons (Fsp3) is 0.190. The lowest BCUT2D eigenvalue weighted by Crippen LogP contribution is -2.09. The summed E-state index contributed by atoms with van der Waals surface area (Å²) in [6, 6.07) is 12.7. The highest BCUT2D eigenvalue weighted by Crippen LogP contribution is 2.41. The van der Waals surface area contributed by atoms with Crippen LogP contribution >= 0.6 is 11.3 Å². The zero-order valence-corrected chi connectivity index (χ0v) is 15.3. The van der Waals surface area contributed by atoms with Gasteiger partial charge in [0.25, 0.3) is 0 Å². The Morgan fingerprint density at radius 3 is 2.44 bits per heavy atom. The first-order chi connectivity index (χ1) is 12.0. The smallest absolute Gasteiger partial charge is 0.323 e. The number of carbonyl (C=O) groups is 1. The molecule has 0 saturated heterocycles. The molecular weight excluding hydrogens is 330 g/mol. The second-order valence-electron chi connectivity index (χ2n) is 6.61. The molecular formula is C21H19NO2S. The van der Waals surface area contributed by atoms with Crippen molar-refractivity contribution in [1.29, 1.82) is 0 Å². The van der Waals surface area contributed by atoms with Crippen molar-refractivity contribution in [2.24, 2.45) is 0 Å². The molecule has 0 spiro atoms. The van der Waals surface area contributed by atoms with Crippen LogP contribution in [0.5, 0.6) is 0 Å². The third-order valence-corrected chi connectivity index (χ3v) is 5.73. The third kappa shape index (κ3) is 2.53. The lowest BCUT2D eigenvalue weighted by Gasteiger charge is -2.05. The average Bonchev–Trinajstić information content (AvgIpc) is 3.06. The molecule has 0 atom stereocenters. The van der Waals surface area contributed by atoms with E-state index < -0.39 is 5.97 Å². The first-order valence-electron chi connectivity index (χ1n) is 8.25. The average molecular weight is 349 g/mol. The number of aliphatic carboxylic acids is 1. The molecule has 4 heteroatoms. The molecule has 4 aromatic rings. The minimum absolute atomic E-state index is 0.0213. The number of benzene rings is 2. The summed E-state index contributed by atoms with van der Waals surface area (Å²) in [6.07, 6.45) is 0. The fourth-order valence-corrected chi connectivity index (χ4v) is 4.54. The highest BCUT2D eigenvalue weighted by Gasteiger charge is 2.19. The van der Waals surface area contributed by atoms with E-state index in [1.165, 1.54) is 26.8 Å². The Hall–Kier alpha value is -2.59. The zero-order valence-electron chi connectivity index (χ0n) is 14.5. The number of rotatable bonds is 3.